The third-order valence-electron chi connectivity index (χ3n) is 9.66. The standard InChI is InChI=1S/C35H47N9O8/c1-35(2,52)28-19-39-42-44(28)24-17-27(32(48)40-25(29(45)30(37)46)10-6-7-15-38-34(50)51)43(20-24)33(49)26(16-21-8-4-3-5-9-21)41-31(47)23-13-11-22(18-36)12-14-23/h11-14,19,21,24-27,38,52H,3-10,15-17,20H2,1-2H3,(H2,37,46)(H,40,48)(H,41,47)(H,50,51)/t24-,25?,26?,27-/m0/s1. The molecule has 0 bridgehead atoms. The van der Waals surface area contributed by atoms with Crippen molar-refractivity contribution in [3.05, 3.63) is 47.3 Å². The number of carbonyl (C=O) groups excluding carboxylic acids is 5. The zero-order chi connectivity index (χ0) is 38.0. The molecule has 1 saturated carbocycles. The molecule has 17 heteroatoms. The van der Waals surface area contributed by atoms with Crippen LogP contribution < -0.4 is 21.7 Å². The maximum atomic E-state index is 14.6. The number of nitriles is 1. The molecule has 1 aliphatic carbocycles. The molecule has 1 aliphatic heterocycles. The highest BCUT2D eigenvalue weighted by atomic mass is 16.4. The van der Waals surface area contributed by atoms with Gasteiger partial charge in [-0.1, -0.05) is 37.3 Å². The van der Waals surface area contributed by atoms with E-state index in [0.29, 0.717) is 24.1 Å². The van der Waals surface area contributed by atoms with E-state index in [1.165, 1.54) is 40.0 Å². The number of primary amides is 1. The first kappa shape index (κ1) is 39.4. The number of unbranched alkanes of at least 4 members (excludes halogenated alkanes) is 1. The number of nitrogens with zero attached hydrogens (tertiary/aromatic N) is 5. The lowest BCUT2D eigenvalue weighted by atomic mass is 9.84. The Morgan fingerprint density at radius 3 is 2.35 bits per heavy atom. The van der Waals surface area contributed by atoms with Gasteiger partial charge in [-0.25, -0.2) is 9.48 Å². The Hall–Kier alpha value is -5.37. The van der Waals surface area contributed by atoms with E-state index in [0.717, 1.165) is 32.1 Å². The molecular weight excluding hydrogens is 674 g/mol. The average molecular weight is 722 g/mol. The summed E-state index contributed by atoms with van der Waals surface area (Å²) in [4.78, 5) is 79.1. The van der Waals surface area contributed by atoms with Gasteiger partial charge in [-0.3, -0.25) is 24.0 Å². The summed E-state index contributed by atoms with van der Waals surface area (Å²) in [7, 11) is 0. The van der Waals surface area contributed by atoms with Gasteiger partial charge in [0.05, 0.1) is 35.6 Å². The molecule has 0 radical (unpaired) electrons. The number of carboxylic acid groups (broad SMARTS) is 1. The van der Waals surface area contributed by atoms with Crippen molar-refractivity contribution in [1.82, 2.24) is 35.8 Å². The van der Waals surface area contributed by atoms with Crippen LogP contribution in [0.1, 0.15) is 106 Å². The Morgan fingerprint density at radius 1 is 1.04 bits per heavy atom. The third-order valence-corrected chi connectivity index (χ3v) is 9.66. The van der Waals surface area contributed by atoms with Gasteiger partial charge in [0.1, 0.15) is 17.7 Å². The van der Waals surface area contributed by atoms with Crippen molar-refractivity contribution in [2.75, 3.05) is 13.1 Å². The van der Waals surface area contributed by atoms with Crippen molar-refractivity contribution in [3.8, 4) is 6.07 Å². The number of aliphatic hydroxyl groups is 1. The van der Waals surface area contributed by atoms with Gasteiger partial charge in [-0.2, -0.15) is 5.26 Å². The lowest BCUT2D eigenvalue weighted by Gasteiger charge is -2.32. The van der Waals surface area contributed by atoms with E-state index in [4.69, 9.17) is 10.8 Å². The Labute approximate surface area is 301 Å². The van der Waals surface area contributed by atoms with Gasteiger partial charge in [0, 0.05) is 25.1 Å². The van der Waals surface area contributed by atoms with E-state index in [1.54, 1.807) is 13.8 Å². The molecule has 280 valence electrons. The van der Waals surface area contributed by atoms with Gasteiger partial charge in [0.25, 0.3) is 11.8 Å². The topological polar surface area (TPSA) is 263 Å². The van der Waals surface area contributed by atoms with Crippen LogP contribution in [0.2, 0.25) is 0 Å². The van der Waals surface area contributed by atoms with Gasteiger partial charge in [-0.15, -0.1) is 5.10 Å². The summed E-state index contributed by atoms with van der Waals surface area (Å²) in [6.45, 7) is 3.14. The summed E-state index contributed by atoms with van der Waals surface area (Å²) >= 11 is 0. The molecule has 0 spiro atoms. The first-order valence-electron chi connectivity index (χ1n) is 17.5. The summed E-state index contributed by atoms with van der Waals surface area (Å²) in [5.74, 6) is -3.96. The molecule has 7 N–H and O–H groups in total. The first-order valence-corrected chi connectivity index (χ1v) is 17.5. The van der Waals surface area contributed by atoms with Crippen molar-refractivity contribution >= 4 is 35.5 Å². The van der Waals surface area contributed by atoms with Crippen LogP contribution in [0.25, 0.3) is 0 Å². The summed E-state index contributed by atoms with van der Waals surface area (Å²) in [5.41, 5.74) is 4.89. The van der Waals surface area contributed by atoms with Crippen molar-refractivity contribution in [1.29, 1.82) is 5.26 Å². The summed E-state index contributed by atoms with van der Waals surface area (Å²) < 4.78 is 1.46. The van der Waals surface area contributed by atoms with Crippen molar-refractivity contribution < 1.29 is 39.0 Å². The minimum Gasteiger partial charge on any atom is -0.465 e. The number of ketones is 1. The van der Waals surface area contributed by atoms with E-state index in [2.05, 4.69) is 26.3 Å². The van der Waals surface area contributed by atoms with E-state index >= 15 is 0 Å². The van der Waals surface area contributed by atoms with Gasteiger partial charge in [0.2, 0.25) is 17.6 Å². The third kappa shape index (κ3) is 10.3. The molecule has 1 aromatic carbocycles. The number of benzene rings is 1. The van der Waals surface area contributed by atoms with Gasteiger partial charge >= 0.3 is 6.09 Å². The Morgan fingerprint density at radius 2 is 1.73 bits per heavy atom. The minimum atomic E-state index is -1.37. The van der Waals surface area contributed by atoms with Crippen LogP contribution in [0.3, 0.4) is 0 Å². The van der Waals surface area contributed by atoms with Crippen molar-refractivity contribution in [2.24, 2.45) is 11.7 Å². The highest BCUT2D eigenvalue weighted by Gasteiger charge is 2.45. The molecule has 2 aliphatic rings. The number of amides is 5. The second-order valence-corrected chi connectivity index (χ2v) is 14.0. The number of likely N-dealkylation sites (tertiary alicyclic amines) is 1. The normalized spacial score (nSPS) is 18.8. The zero-order valence-electron chi connectivity index (χ0n) is 29.4. The molecule has 1 aromatic heterocycles. The molecule has 52 heavy (non-hydrogen) atoms. The van der Waals surface area contributed by atoms with Gasteiger partial charge in [0.15, 0.2) is 0 Å². The maximum Gasteiger partial charge on any atom is 0.404 e. The second kappa shape index (κ2) is 17.7. The smallest absolute Gasteiger partial charge is 0.404 e. The molecule has 2 fully saturated rings. The van der Waals surface area contributed by atoms with E-state index in [-0.39, 0.29) is 43.8 Å². The number of hydrogen-bond acceptors (Lipinski definition) is 10. The van der Waals surface area contributed by atoms with E-state index < -0.39 is 65.3 Å². The average Bonchev–Trinajstić information content (AvgIpc) is 3.79. The lowest BCUT2D eigenvalue weighted by molar-refractivity contribution is -0.142. The van der Waals surface area contributed by atoms with Crippen LogP contribution in [0, 0.1) is 17.2 Å². The Kier molecular flexibility index (Phi) is 13.4. The number of nitrogens with two attached hydrogens (primary N) is 1. The van der Waals surface area contributed by atoms with Crippen LogP contribution in [-0.4, -0.2) is 96.8 Å². The number of hydrogen-bond donors (Lipinski definition) is 6. The largest absolute Gasteiger partial charge is 0.465 e. The highest BCUT2D eigenvalue weighted by molar-refractivity contribution is 6.37. The molecule has 1 saturated heterocycles. The number of Topliss-reactive ketones (excluding diaryl/α,β-unsaturated/α-hetero) is 1. The van der Waals surface area contributed by atoms with Crippen LogP contribution in [-0.2, 0) is 24.8 Å². The molecule has 4 atom stereocenters. The van der Waals surface area contributed by atoms with Crippen LogP contribution in [0.5, 0.6) is 0 Å². The molecular formula is C35H47N9O8. The van der Waals surface area contributed by atoms with Crippen molar-refractivity contribution in [2.45, 2.75) is 108 Å². The number of carbonyl (C=O) groups is 6. The predicted octanol–water partition coefficient (Wildman–Crippen LogP) is 1.27. The molecule has 17 nitrogen and oxygen atoms in total. The quantitative estimate of drug-likeness (QED) is 0.106. The van der Waals surface area contributed by atoms with Crippen LogP contribution in [0.4, 0.5) is 4.79 Å². The fourth-order valence-corrected chi connectivity index (χ4v) is 6.93. The summed E-state index contributed by atoms with van der Waals surface area (Å²) in [6.07, 6.45) is 5.85. The second-order valence-electron chi connectivity index (χ2n) is 14.0. The SMILES string of the molecule is CC(C)(O)c1cnnn1[C@H]1C[C@@H](C(=O)NC(CCCCNC(=O)O)C(=O)C(N)=O)N(C(=O)C(CC2CCCCC2)NC(=O)c2ccc(C#N)cc2)C1. The fraction of sp³-hybridized carbons (Fsp3) is 0.571. The number of nitrogens with one attached hydrogen (secondary N) is 3. The van der Waals surface area contributed by atoms with E-state index in [9.17, 15) is 39.1 Å². The number of rotatable bonds is 16. The van der Waals surface area contributed by atoms with Crippen LogP contribution >= 0.6 is 0 Å². The monoisotopic (exact) mass is 721 g/mol. The Bertz CT molecular complexity index is 1660. The van der Waals surface area contributed by atoms with Crippen molar-refractivity contribution in [3.63, 3.8) is 0 Å². The fourth-order valence-electron chi connectivity index (χ4n) is 6.93. The maximum absolute atomic E-state index is 14.6. The highest BCUT2D eigenvalue weighted by Crippen LogP contribution is 2.33. The molecule has 2 aromatic rings. The predicted molar refractivity (Wildman–Crippen MR) is 184 cm³/mol. The summed E-state index contributed by atoms with van der Waals surface area (Å²) in [5, 5.41) is 44.6. The molecule has 5 amide bonds. The number of aromatic nitrogens is 3. The van der Waals surface area contributed by atoms with Gasteiger partial charge < -0.3 is 36.8 Å². The van der Waals surface area contributed by atoms with E-state index in [1.807, 2.05) is 6.07 Å². The Balaban J connectivity index is 1.64. The molecule has 4 rings (SSSR count). The summed E-state index contributed by atoms with van der Waals surface area (Å²) in [6, 6.07) is 3.81. The minimum absolute atomic E-state index is 0.00371. The molecule has 2 unspecified atom stereocenters. The first-order chi connectivity index (χ1) is 24.7. The zero-order valence-corrected chi connectivity index (χ0v) is 29.4. The van der Waals surface area contributed by atoms with Gasteiger partial charge in [-0.05, 0) is 69.7 Å². The van der Waals surface area contributed by atoms with Crippen LogP contribution in [0.15, 0.2) is 30.5 Å². The lowest BCUT2D eigenvalue weighted by Crippen LogP contribution is -2.56. The molecule has 2 heterocycles.